The third kappa shape index (κ3) is 6.62. The number of para-hydroxylation sites is 1. The van der Waals surface area contributed by atoms with E-state index < -0.39 is 41.7 Å². The van der Waals surface area contributed by atoms with Crippen molar-refractivity contribution in [2.75, 3.05) is 6.54 Å². The molecule has 0 radical (unpaired) electrons. The molecule has 1 heterocycles. The van der Waals surface area contributed by atoms with E-state index in [4.69, 9.17) is 11.2 Å². The van der Waals surface area contributed by atoms with Gasteiger partial charge in [-0.25, -0.2) is 4.79 Å². The molecule has 1 saturated heterocycles. The second-order valence-corrected chi connectivity index (χ2v) is 9.33. The highest BCUT2D eigenvalue weighted by atomic mass is 16.6. The minimum absolute atomic E-state index is 0.0212. The number of carbonyl (C=O) groups excluding carboxylic acids is 3. The SMILES string of the molecule is C#Cc1ccc([C@H](C)NC(=O)[C@@H]2C[C@@H](O)CN2C(=O)[C@@H](NC(=O)Oc2ccccc2)C(C)(C)O)cc1. The molecule has 0 unspecified atom stereocenters. The van der Waals surface area contributed by atoms with E-state index in [1.54, 1.807) is 61.5 Å². The summed E-state index contributed by atoms with van der Waals surface area (Å²) >= 11 is 0. The van der Waals surface area contributed by atoms with E-state index in [9.17, 15) is 24.6 Å². The Labute approximate surface area is 210 Å². The molecule has 1 aliphatic rings. The summed E-state index contributed by atoms with van der Waals surface area (Å²) in [6.45, 7) is 4.40. The fraction of sp³-hybridized carbons (Fsp3) is 0.370. The van der Waals surface area contributed by atoms with Crippen LogP contribution in [0.4, 0.5) is 4.79 Å². The van der Waals surface area contributed by atoms with Gasteiger partial charge in [0.25, 0.3) is 0 Å². The molecule has 1 aliphatic heterocycles. The molecular formula is C27H31N3O6. The number of ether oxygens (including phenoxy) is 1. The average molecular weight is 494 g/mol. The average Bonchev–Trinajstić information content (AvgIpc) is 3.24. The lowest BCUT2D eigenvalue weighted by Crippen LogP contribution is -2.61. The Morgan fingerprint density at radius 2 is 1.75 bits per heavy atom. The molecule has 1 fully saturated rings. The highest BCUT2D eigenvalue weighted by Crippen LogP contribution is 2.24. The zero-order valence-corrected chi connectivity index (χ0v) is 20.5. The summed E-state index contributed by atoms with van der Waals surface area (Å²) in [4.78, 5) is 40.2. The van der Waals surface area contributed by atoms with Crippen molar-refractivity contribution in [2.45, 2.75) is 57.0 Å². The number of hydrogen-bond donors (Lipinski definition) is 4. The minimum Gasteiger partial charge on any atom is -0.410 e. The van der Waals surface area contributed by atoms with Gasteiger partial charge in [0.05, 0.1) is 17.7 Å². The van der Waals surface area contributed by atoms with Gasteiger partial charge in [-0.2, -0.15) is 0 Å². The number of rotatable bonds is 7. The first kappa shape index (κ1) is 26.7. The number of amides is 3. The van der Waals surface area contributed by atoms with Crippen molar-refractivity contribution in [1.82, 2.24) is 15.5 Å². The summed E-state index contributed by atoms with van der Waals surface area (Å²) in [5.41, 5.74) is -0.157. The molecule has 9 heteroatoms. The molecule has 0 saturated carbocycles. The standard InChI is InChI=1S/C27H31N3O6/c1-5-18-11-13-19(14-12-18)17(2)28-24(32)22-15-20(31)16-30(22)25(33)23(27(3,4)35)29-26(34)36-21-9-7-6-8-10-21/h1,6-14,17,20,22-23,31,35H,15-16H2,2-4H3,(H,28,32)(H,29,34)/t17-,20+,22-,23+/m0/s1. The normalized spacial score (nSPS) is 19.1. The molecular weight excluding hydrogens is 462 g/mol. The van der Waals surface area contributed by atoms with Gasteiger partial charge in [0.15, 0.2) is 0 Å². The van der Waals surface area contributed by atoms with Gasteiger partial charge in [-0.3, -0.25) is 9.59 Å². The van der Waals surface area contributed by atoms with Gasteiger partial charge in [-0.15, -0.1) is 6.42 Å². The highest BCUT2D eigenvalue weighted by Gasteiger charge is 2.45. The predicted octanol–water partition coefficient (Wildman–Crippen LogP) is 1.73. The number of β-amino-alcohol motifs (C(OH)–C–C–N with tert-alkyl or cyclic N) is 1. The zero-order chi connectivity index (χ0) is 26.5. The van der Waals surface area contributed by atoms with Crippen molar-refractivity contribution in [2.24, 2.45) is 0 Å². The molecule has 0 aromatic heterocycles. The third-order valence-electron chi connectivity index (χ3n) is 5.97. The van der Waals surface area contributed by atoms with Crippen LogP contribution in [0, 0.1) is 12.3 Å². The van der Waals surface area contributed by atoms with E-state index in [0.717, 1.165) is 5.56 Å². The molecule has 2 aromatic rings. The van der Waals surface area contributed by atoms with Gasteiger partial charge in [0.2, 0.25) is 11.8 Å². The van der Waals surface area contributed by atoms with Gasteiger partial charge >= 0.3 is 6.09 Å². The fourth-order valence-electron chi connectivity index (χ4n) is 4.02. The van der Waals surface area contributed by atoms with Crippen LogP contribution in [0.3, 0.4) is 0 Å². The third-order valence-corrected chi connectivity index (χ3v) is 5.97. The van der Waals surface area contributed by atoms with Crippen LogP contribution >= 0.6 is 0 Å². The lowest BCUT2D eigenvalue weighted by Gasteiger charge is -2.34. The Hall–Kier alpha value is -3.87. The molecule has 0 spiro atoms. The molecule has 0 aliphatic carbocycles. The van der Waals surface area contributed by atoms with E-state index in [1.807, 2.05) is 0 Å². The molecule has 3 amide bonds. The molecule has 0 bridgehead atoms. The summed E-state index contributed by atoms with van der Waals surface area (Å²) < 4.78 is 5.19. The van der Waals surface area contributed by atoms with Crippen LogP contribution in [-0.4, -0.2) is 63.4 Å². The van der Waals surface area contributed by atoms with Crippen LogP contribution < -0.4 is 15.4 Å². The van der Waals surface area contributed by atoms with E-state index in [2.05, 4.69) is 16.6 Å². The van der Waals surface area contributed by atoms with E-state index in [1.165, 1.54) is 18.7 Å². The van der Waals surface area contributed by atoms with Gasteiger partial charge in [-0.05, 0) is 50.6 Å². The fourth-order valence-corrected chi connectivity index (χ4v) is 4.02. The number of terminal acetylenes is 1. The zero-order valence-electron chi connectivity index (χ0n) is 20.5. The summed E-state index contributed by atoms with van der Waals surface area (Å²) in [7, 11) is 0. The molecule has 36 heavy (non-hydrogen) atoms. The van der Waals surface area contributed by atoms with Crippen LogP contribution in [0.2, 0.25) is 0 Å². The van der Waals surface area contributed by atoms with E-state index in [-0.39, 0.29) is 24.8 Å². The Bertz CT molecular complexity index is 1120. The maximum atomic E-state index is 13.5. The van der Waals surface area contributed by atoms with Gasteiger partial charge in [0.1, 0.15) is 17.8 Å². The number of hydrogen-bond acceptors (Lipinski definition) is 6. The molecule has 2 aromatic carbocycles. The monoisotopic (exact) mass is 493 g/mol. The maximum Gasteiger partial charge on any atom is 0.413 e. The lowest BCUT2D eigenvalue weighted by molar-refractivity contribution is -0.144. The number of aliphatic hydroxyl groups is 2. The second kappa shape index (κ2) is 11.2. The Morgan fingerprint density at radius 1 is 1.11 bits per heavy atom. The largest absolute Gasteiger partial charge is 0.413 e. The second-order valence-electron chi connectivity index (χ2n) is 9.33. The number of nitrogens with zero attached hydrogens (tertiary/aromatic N) is 1. The Morgan fingerprint density at radius 3 is 2.33 bits per heavy atom. The molecule has 3 rings (SSSR count). The summed E-state index contributed by atoms with van der Waals surface area (Å²) in [6, 6.07) is 12.6. The van der Waals surface area contributed by atoms with Crippen molar-refractivity contribution in [3.8, 4) is 18.1 Å². The Balaban J connectivity index is 1.73. The molecule has 4 N–H and O–H groups in total. The smallest absolute Gasteiger partial charge is 0.410 e. The van der Waals surface area contributed by atoms with Crippen LogP contribution in [0.25, 0.3) is 0 Å². The van der Waals surface area contributed by atoms with Crippen molar-refractivity contribution in [1.29, 1.82) is 0 Å². The first-order chi connectivity index (χ1) is 17.0. The van der Waals surface area contributed by atoms with Crippen LogP contribution in [0.1, 0.15) is 44.4 Å². The number of benzene rings is 2. The summed E-state index contributed by atoms with van der Waals surface area (Å²) in [6.07, 6.45) is 3.53. The van der Waals surface area contributed by atoms with Crippen LogP contribution in [-0.2, 0) is 9.59 Å². The van der Waals surface area contributed by atoms with Crippen molar-refractivity contribution >= 4 is 17.9 Å². The number of nitrogens with one attached hydrogen (secondary N) is 2. The molecule has 4 atom stereocenters. The van der Waals surface area contributed by atoms with Crippen molar-refractivity contribution in [3.05, 3.63) is 65.7 Å². The topological polar surface area (TPSA) is 128 Å². The van der Waals surface area contributed by atoms with E-state index >= 15 is 0 Å². The van der Waals surface area contributed by atoms with E-state index in [0.29, 0.717) is 5.56 Å². The quantitative estimate of drug-likeness (QED) is 0.435. The van der Waals surface area contributed by atoms with Gasteiger partial charge in [-0.1, -0.05) is 36.3 Å². The first-order valence-electron chi connectivity index (χ1n) is 11.6. The molecule has 9 nitrogen and oxygen atoms in total. The number of likely N-dealkylation sites (tertiary alicyclic amines) is 1. The summed E-state index contributed by atoms with van der Waals surface area (Å²) in [5, 5.41) is 26.2. The maximum absolute atomic E-state index is 13.5. The van der Waals surface area contributed by atoms with Crippen LogP contribution in [0.15, 0.2) is 54.6 Å². The molecule has 190 valence electrons. The Kier molecular flexibility index (Phi) is 8.35. The van der Waals surface area contributed by atoms with Crippen LogP contribution in [0.5, 0.6) is 5.75 Å². The highest BCUT2D eigenvalue weighted by molar-refractivity contribution is 5.93. The van der Waals surface area contributed by atoms with Crippen molar-refractivity contribution in [3.63, 3.8) is 0 Å². The van der Waals surface area contributed by atoms with Gasteiger partial charge in [0, 0.05) is 18.5 Å². The van der Waals surface area contributed by atoms with Gasteiger partial charge < -0.3 is 30.5 Å². The first-order valence-corrected chi connectivity index (χ1v) is 11.6. The predicted molar refractivity (Wildman–Crippen MR) is 133 cm³/mol. The number of carbonyl (C=O) groups is 3. The lowest BCUT2D eigenvalue weighted by atomic mass is 9.97. The minimum atomic E-state index is -1.69. The summed E-state index contributed by atoms with van der Waals surface area (Å²) in [5.74, 6) is 1.62. The number of aliphatic hydroxyl groups excluding tert-OH is 1. The van der Waals surface area contributed by atoms with Crippen molar-refractivity contribution < 1.29 is 29.3 Å².